The third kappa shape index (κ3) is 4.76. The van der Waals surface area contributed by atoms with Crippen LogP contribution in [0.25, 0.3) is 0 Å². The van der Waals surface area contributed by atoms with Crippen molar-refractivity contribution in [2.75, 3.05) is 24.5 Å². The zero-order valence-electron chi connectivity index (χ0n) is 14.4. The maximum atomic E-state index is 12.1. The van der Waals surface area contributed by atoms with Crippen molar-refractivity contribution in [3.05, 3.63) is 36.4 Å². The molecule has 134 valence electrons. The monoisotopic (exact) mass is 344 g/mol. The first kappa shape index (κ1) is 17.3. The third-order valence-electron chi connectivity index (χ3n) is 4.35. The van der Waals surface area contributed by atoms with Crippen molar-refractivity contribution in [2.24, 2.45) is 0 Å². The van der Waals surface area contributed by atoms with Crippen LogP contribution in [0.5, 0.6) is 0 Å². The van der Waals surface area contributed by atoms with E-state index in [0.717, 1.165) is 18.7 Å². The first-order valence-electron chi connectivity index (χ1n) is 8.55. The standard InChI is InChI=1S/C17H24N6O2/c1-14-4-10-23(21-14)11-5-15(24)20-12-17(25)6-2-9-22(13-17)16-18-7-3-8-19-16/h3-4,7-8,10,25H,2,5-6,9,11-13H2,1H3,(H,20,24)/t17-/m1/s1. The van der Waals surface area contributed by atoms with Gasteiger partial charge in [0.15, 0.2) is 0 Å². The zero-order chi connectivity index (χ0) is 17.7. The van der Waals surface area contributed by atoms with E-state index in [0.29, 0.717) is 31.9 Å². The van der Waals surface area contributed by atoms with Gasteiger partial charge in [-0.2, -0.15) is 5.10 Å². The van der Waals surface area contributed by atoms with Crippen LogP contribution in [0.2, 0.25) is 0 Å². The molecular formula is C17H24N6O2. The van der Waals surface area contributed by atoms with Crippen LogP contribution in [0, 0.1) is 6.92 Å². The van der Waals surface area contributed by atoms with Gasteiger partial charge in [0.05, 0.1) is 17.8 Å². The molecule has 0 saturated carbocycles. The minimum absolute atomic E-state index is 0.0883. The number of nitrogens with zero attached hydrogens (tertiary/aromatic N) is 5. The van der Waals surface area contributed by atoms with Crippen LogP contribution < -0.4 is 10.2 Å². The van der Waals surface area contributed by atoms with Gasteiger partial charge in [-0.05, 0) is 31.9 Å². The number of aliphatic hydroxyl groups is 1. The Bertz CT molecular complexity index is 704. The number of β-amino-alcohol motifs (C(OH)–C–C–N with tert-alkyl or cyclic N) is 1. The molecule has 3 heterocycles. The van der Waals surface area contributed by atoms with E-state index in [-0.39, 0.29) is 12.5 Å². The third-order valence-corrected chi connectivity index (χ3v) is 4.35. The number of piperidine rings is 1. The number of carbonyl (C=O) groups excluding carboxylic acids is 1. The van der Waals surface area contributed by atoms with Gasteiger partial charge in [-0.1, -0.05) is 0 Å². The molecule has 2 aromatic heterocycles. The minimum atomic E-state index is -0.963. The molecule has 0 aromatic carbocycles. The number of hydrogen-bond donors (Lipinski definition) is 2. The molecule has 25 heavy (non-hydrogen) atoms. The summed E-state index contributed by atoms with van der Waals surface area (Å²) in [5, 5.41) is 17.9. The van der Waals surface area contributed by atoms with Crippen molar-refractivity contribution in [3.63, 3.8) is 0 Å². The van der Waals surface area contributed by atoms with E-state index in [9.17, 15) is 9.90 Å². The number of aryl methyl sites for hydroxylation is 2. The number of aromatic nitrogens is 4. The first-order chi connectivity index (χ1) is 12.0. The fraction of sp³-hybridized carbons (Fsp3) is 0.529. The van der Waals surface area contributed by atoms with Gasteiger partial charge in [0, 0.05) is 44.6 Å². The van der Waals surface area contributed by atoms with Crippen molar-refractivity contribution >= 4 is 11.9 Å². The lowest BCUT2D eigenvalue weighted by molar-refractivity contribution is -0.122. The lowest BCUT2D eigenvalue weighted by atomic mass is 9.93. The van der Waals surface area contributed by atoms with Crippen molar-refractivity contribution in [3.8, 4) is 0 Å². The molecule has 0 radical (unpaired) electrons. The largest absolute Gasteiger partial charge is 0.386 e. The molecule has 1 atom stereocenters. The molecule has 8 nitrogen and oxygen atoms in total. The molecule has 1 saturated heterocycles. The van der Waals surface area contributed by atoms with E-state index in [1.54, 1.807) is 23.1 Å². The molecule has 0 unspecified atom stereocenters. The van der Waals surface area contributed by atoms with E-state index in [1.165, 1.54) is 0 Å². The maximum Gasteiger partial charge on any atom is 0.225 e. The Morgan fingerprint density at radius 2 is 2.20 bits per heavy atom. The zero-order valence-corrected chi connectivity index (χ0v) is 14.4. The Kier molecular flexibility index (Phi) is 5.28. The van der Waals surface area contributed by atoms with Gasteiger partial charge in [0.25, 0.3) is 0 Å². The van der Waals surface area contributed by atoms with Crippen molar-refractivity contribution in [1.29, 1.82) is 0 Å². The van der Waals surface area contributed by atoms with Gasteiger partial charge >= 0.3 is 0 Å². The maximum absolute atomic E-state index is 12.1. The molecule has 2 aromatic rings. The van der Waals surface area contributed by atoms with Gasteiger partial charge < -0.3 is 15.3 Å². The lowest BCUT2D eigenvalue weighted by Crippen LogP contribution is -2.54. The van der Waals surface area contributed by atoms with E-state index in [1.807, 2.05) is 24.1 Å². The Morgan fingerprint density at radius 1 is 1.40 bits per heavy atom. The van der Waals surface area contributed by atoms with Gasteiger partial charge in [0.1, 0.15) is 0 Å². The second kappa shape index (κ2) is 7.60. The Labute approximate surface area is 146 Å². The smallest absolute Gasteiger partial charge is 0.225 e. The van der Waals surface area contributed by atoms with Crippen LogP contribution in [-0.4, -0.2) is 56.0 Å². The number of hydrogen-bond acceptors (Lipinski definition) is 6. The van der Waals surface area contributed by atoms with E-state index in [4.69, 9.17) is 0 Å². The van der Waals surface area contributed by atoms with Gasteiger partial charge in [0.2, 0.25) is 11.9 Å². The summed E-state index contributed by atoms with van der Waals surface area (Å²) in [4.78, 5) is 22.5. The van der Waals surface area contributed by atoms with E-state index in [2.05, 4.69) is 20.4 Å². The molecule has 0 bridgehead atoms. The molecule has 1 aliphatic rings. The average Bonchev–Trinajstić information content (AvgIpc) is 3.04. The highest BCUT2D eigenvalue weighted by molar-refractivity contribution is 5.75. The molecule has 0 aliphatic carbocycles. The molecule has 0 spiro atoms. The molecule has 1 aliphatic heterocycles. The SMILES string of the molecule is Cc1ccn(CCC(=O)NC[C@]2(O)CCCN(c3ncccn3)C2)n1. The molecule has 1 amide bonds. The summed E-state index contributed by atoms with van der Waals surface area (Å²) in [6, 6.07) is 3.67. The highest BCUT2D eigenvalue weighted by Gasteiger charge is 2.34. The Balaban J connectivity index is 1.48. The van der Waals surface area contributed by atoms with Crippen LogP contribution in [-0.2, 0) is 11.3 Å². The number of anilines is 1. The van der Waals surface area contributed by atoms with Crippen molar-refractivity contribution in [2.45, 2.75) is 38.3 Å². The second-order valence-electron chi connectivity index (χ2n) is 6.55. The highest BCUT2D eigenvalue weighted by Crippen LogP contribution is 2.23. The Morgan fingerprint density at radius 3 is 2.92 bits per heavy atom. The topological polar surface area (TPSA) is 96.2 Å². The average molecular weight is 344 g/mol. The highest BCUT2D eigenvalue weighted by atomic mass is 16.3. The fourth-order valence-corrected chi connectivity index (χ4v) is 3.04. The molecule has 3 rings (SSSR count). The summed E-state index contributed by atoms with van der Waals surface area (Å²) in [6.45, 7) is 3.89. The Hall–Kier alpha value is -2.48. The summed E-state index contributed by atoms with van der Waals surface area (Å²) < 4.78 is 1.75. The first-order valence-corrected chi connectivity index (χ1v) is 8.55. The minimum Gasteiger partial charge on any atom is -0.386 e. The molecular weight excluding hydrogens is 320 g/mol. The normalized spacial score (nSPS) is 20.5. The number of rotatable bonds is 6. The summed E-state index contributed by atoms with van der Waals surface area (Å²) >= 11 is 0. The van der Waals surface area contributed by atoms with Crippen LogP contribution in [0.1, 0.15) is 25.0 Å². The van der Waals surface area contributed by atoms with Crippen molar-refractivity contribution < 1.29 is 9.90 Å². The van der Waals surface area contributed by atoms with Crippen LogP contribution in [0.4, 0.5) is 5.95 Å². The lowest BCUT2D eigenvalue weighted by Gasteiger charge is -2.39. The van der Waals surface area contributed by atoms with E-state index >= 15 is 0 Å². The molecule has 2 N–H and O–H groups in total. The summed E-state index contributed by atoms with van der Waals surface area (Å²) in [5.74, 6) is 0.524. The van der Waals surface area contributed by atoms with Gasteiger partial charge in [-0.25, -0.2) is 9.97 Å². The van der Waals surface area contributed by atoms with Gasteiger partial charge in [-0.3, -0.25) is 9.48 Å². The van der Waals surface area contributed by atoms with Crippen LogP contribution >= 0.6 is 0 Å². The summed E-state index contributed by atoms with van der Waals surface area (Å²) in [7, 11) is 0. The van der Waals surface area contributed by atoms with Gasteiger partial charge in [-0.15, -0.1) is 0 Å². The molecule has 1 fully saturated rings. The number of carbonyl (C=O) groups is 1. The summed E-state index contributed by atoms with van der Waals surface area (Å²) in [5.41, 5.74) is -0.0322. The van der Waals surface area contributed by atoms with Crippen LogP contribution in [0.15, 0.2) is 30.7 Å². The number of amides is 1. The fourth-order valence-electron chi connectivity index (χ4n) is 3.04. The second-order valence-corrected chi connectivity index (χ2v) is 6.55. The quantitative estimate of drug-likeness (QED) is 0.793. The molecule has 8 heteroatoms. The van der Waals surface area contributed by atoms with Crippen LogP contribution in [0.3, 0.4) is 0 Å². The predicted octanol–water partition coefficient (Wildman–Crippen LogP) is 0.519. The predicted molar refractivity (Wildman–Crippen MR) is 93.0 cm³/mol. The number of nitrogens with one attached hydrogen (secondary N) is 1. The van der Waals surface area contributed by atoms with Crippen molar-refractivity contribution in [1.82, 2.24) is 25.1 Å². The summed E-state index contributed by atoms with van der Waals surface area (Å²) in [6.07, 6.45) is 7.05. The van der Waals surface area contributed by atoms with E-state index < -0.39 is 5.60 Å².